The van der Waals surface area contributed by atoms with Crippen LogP contribution >= 0.6 is 0 Å². The first kappa shape index (κ1) is 12.0. The Morgan fingerprint density at radius 2 is 2.39 bits per heavy atom. The molecule has 0 bridgehead atoms. The Kier molecular flexibility index (Phi) is 3.53. The monoisotopic (exact) mass is 244 g/mol. The molecule has 1 unspecified atom stereocenters. The van der Waals surface area contributed by atoms with E-state index in [2.05, 4.69) is 22.5 Å². The second kappa shape index (κ2) is 5.27. The van der Waals surface area contributed by atoms with Gasteiger partial charge in [0.15, 0.2) is 0 Å². The first-order valence-electron chi connectivity index (χ1n) is 5.67. The van der Waals surface area contributed by atoms with Crippen LogP contribution in [0.25, 0.3) is 0 Å². The number of anilines is 1. The lowest BCUT2D eigenvalue weighted by atomic mass is 10.0. The summed E-state index contributed by atoms with van der Waals surface area (Å²) in [5.74, 6) is 0.420. The van der Waals surface area contributed by atoms with Crippen LogP contribution in [0.15, 0.2) is 24.4 Å². The number of nitriles is 1. The maximum Gasteiger partial charge on any atom is 0.289 e. The minimum absolute atomic E-state index is 0.166. The predicted molar refractivity (Wildman–Crippen MR) is 66.0 cm³/mol. The SMILES string of the molecule is N#Cc1cc([N+](=O)[O-])cnc1NC1CC=CCC1. The fourth-order valence-corrected chi connectivity index (χ4v) is 1.87. The molecule has 18 heavy (non-hydrogen) atoms. The first-order valence-corrected chi connectivity index (χ1v) is 5.67. The van der Waals surface area contributed by atoms with Crippen molar-refractivity contribution in [2.45, 2.75) is 25.3 Å². The summed E-state index contributed by atoms with van der Waals surface area (Å²) in [5.41, 5.74) is 0.0411. The van der Waals surface area contributed by atoms with E-state index in [9.17, 15) is 10.1 Å². The zero-order chi connectivity index (χ0) is 13.0. The zero-order valence-corrected chi connectivity index (χ0v) is 9.67. The summed E-state index contributed by atoms with van der Waals surface area (Å²) in [7, 11) is 0. The third-order valence-corrected chi connectivity index (χ3v) is 2.81. The molecule has 0 radical (unpaired) electrons. The molecule has 0 saturated heterocycles. The molecule has 1 atom stereocenters. The van der Waals surface area contributed by atoms with Gasteiger partial charge in [0, 0.05) is 12.1 Å². The van der Waals surface area contributed by atoms with Crippen molar-refractivity contribution in [3.05, 3.63) is 40.1 Å². The molecule has 6 heteroatoms. The van der Waals surface area contributed by atoms with Gasteiger partial charge < -0.3 is 5.32 Å². The minimum atomic E-state index is -0.555. The number of nitrogens with one attached hydrogen (secondary N) is 1. The molecule has 1 aromatic heterocycles. The molecule has 1 aliphatic carbocycles. The van der Waals surface area contributed by atoms with Crippen LogP contribution in [-0.2, 0) is 0 Å². The average Bonchev–Trinajstić information content (AvgIpc) is 2.40. The van der Waals surface area contributed by atoms with Crippen molar-refractivity contribution < 1.29 is 4.92 Å². The van der Waals surface area contributed by atoms with Gasteiger partial charge in [-0.05, 0) is 19.3 Å². The maximum absolute atomic E-state index is 10.6. The van der Waals surface area contributed by atoms with E-state index < -0.39 is 4.92 Å². The summed E-state index contributed by atoms with van der Waals surface area (Å²) in [4.78, 5) is 14.0. The second-order valence-corrected chi connectivity index (χ2v) is 4.08. The Balaban J connectivity index is 2.20. The first-order chi connectivity index (χ1) is 8.70. The number of nitro groups is 1. The second-order valence-electron chi connectivity index (χ2n) is 4.08. The predicted octanol–water partition coefficient (Wildman–Crippen LogP) is 2.38. The fraction of sp³-hybridized carbons (Fsp3) is 0.333. The van der Waals surface area contributed by atoms with Gasteiger partial charge in [-0.3, -0.25) is 10.1 Å². The highest BCUT2D eigenvalue weighted by molar-refractivity contribution is 5.56. The molecule has 6 nitrogen and oxygen atoms in total. The quantitative estimate of drug-likeness (QED) is 0.500. The Hall–Kier alpha value is -2.42. The van der Waals surface area contributed by atoms with Gasteiger partial charge in [-0.15, -0.1) is 0 Å². The maximum atomic E-state index is 10.6. The van der Waals surface area contributed by atoms with Gasteiger partial charge in [0.05, 0.1) is 4.92 Å². The van der Waals surface area contributed by atoms with Crippen LogP contribution < -0.4 is 5.32 Å². The molecule has 1 aromatic rings. The largest absolute Gasteiger partial charge is 0.366 e. The number of nitrogens with zero attached hydrogens (tertiary/aromatic N) is 3. The van der Waals surface area contributed by atoms with E-state index in [0.29, 0.717) is 5.82 Å². The third-order valence-electron chi connectivity index (χ3n) is 2.81. The molecule has 0 amide bonds. The Labute approximate surface area is 104 Å². The lowest BCUT2D eigenvalue weighted by Crippen LogP contribution is -2.21. The molecular formula is C12H12N4O2. The van der Waals surface area contributed by atoms with E-state index in [4.69, 9.17) is 5.26 Å². The third kappa shape index (κ3) is 2.63. The van der Waals surface area contributed by atoms with Crippen LogP contribution in [-0.4, -0.2) is 15.9 Å². The molecule has 0 aromatic carbocycles. The van der Waals surface area contributed by atoms with E-state index in [-0.39, 0.29) is 17.3 Å². The van der Waals surface area contributed by atoms with Crippen LogP contribution in [0, 0.1) is 21.4 Å². The van der Waals surface area contributed by atoms with E-state index in [1.54, 1.807) is 0 Å². The Bertz CT molecular complexity index is 533. The van der Waals surface area contributed by atoms with Crippen molar-refractivity contribution >= 4 is 11.5 Å². The normalized spacial score (nSPS) is 18.1. The van der Waals surface area contributed by atoms with Gasteiger partial charge in [-0.1, -0.05) is 12.2 Å². The van der Waals surface area contributed by atoms with Crippen molar-refractivity contribution in [2.24, 2.45) is 0 Å². The van der Waals surface area contributed by atoms with E-state index in [1.165, 1.54) is 12.3 Å². The van der Waals surface area contributed by atoms with E-state index in [1.807, 2.05) is 6.07 Å². The highest BCUT2D eigenvalue weighted by Gasteiger charge is 2.15. The zero-order valence-electron chi connectivity index (χ0n) is 9.67. The number of hydrogen-bond acceptors (Lipinski definition) is 5. The standard InChI is InChI=1S/C12H12N4O2/c13-7-9-6-11(16(17)18)8-14-12(9)15-10-4-2-1-3-5-10/h1-2,6,8,10H,3-5H2,(H,14,15). The van der Waals surface area contributed by atoms with Crippen LogP contribution in [0.1, 0.15) is 24.8 Å². The lowest BCUT2D eigenvalue weighted by Gasteiger charge is -2.20. The molecule has 92 valence electrons. The number of allylic oxidation sites excluding steroid dienone is 1. The topological polar surface area (TPSA) is 91.8 Å². The lowest BCUT2D eigenvalue weighted by molar-refractivity contribution is -0.385. The van der Waals surface area contributed by atoms with Crippen LogP contribution in [0.2, 0.25) is 0 Å². The van der Waals surface area contributed by atoms with Gasteiger partial charge >= 0.3 is 0 Å². The Morgan fingerprint density at radius 1 is 1.56 bits per heavy atom. The summed E-state index contributed by atoms with van der Waals surface area (Å²) in [6.45, 7) is 0. The molecule has 1 heterocycles. The summed E-state index contributed by atoms with van der Waals surface area (Å²) in [5, 5.41) is 22.7. The van der Waals surface area contributed by atoms with Crippen molar-refractivity contribution in [2.75, 3.05) is 5.32 Å². The molecule has 2 rings (SSSR count). The van der Waals surface area contributed by atoms with Crippen LogP contribution in [0.5, 0.6) is 0 Å². The van der Waals surface area contributed by atoms with Crippen molar-refractivity contribution in [3.8, 4) is 6.07 Å². The molecule has 0 fully saturated rings. The summed E-state index contributed by atoms with van der Waals surface area (Å²) in [6.07, 6.45) is 8.21. The molecule has 0 spiro atoms. The van der Waals surface area contributed by atoms with Crippen molar-refractivity contribution in [1.82, 2.24) is 4.98 Å². The van der Waals surface area contributed by atoms with Gasteiger partial charge in [0.1, 0.15) is 23.6 Å². The summed E-state index contributed by atoms with van der Waals surface area (Å²) < 4.78 is 0. The minimum Gasteiger partial charge on any atom is -0.366 e. The molecular weight excluding hydrogens is 232 g/mol. The van der Waals surface area contributed by atoms with Gasteiger partial charge in [-0.2, -0.15) is 5.26 Å². The fourth-order valence-electron chi connectivity index (χ4n) is 1.87. The number of rotatable bonds is 3. The smallest absolute Gasteiger partial charge is 0.289 e. The molecule has 0 saturated carbocycles. The number of pyridine rings is 1. The molecule has 1 aliphatic rings. The highest BCUT2D eigenvalue weighted by Crippen LogP contribution is 2.21. The number of aromatic nitrogens is 1. The van der Waals surface area contributed by atoms with Gasteiger partial charge in [0.25, 0.3) is 5.69 Å². The number of hydrogen-bond donors (Lipinski definition) is 1. The highest BCUT2D eigenvalue weighted by atomic mass is 16.6. The van der Waals surface area contributed by atoms with E-state index >= 15 is 0 Å². The average molecular weight is 244 g/mol. The Morgan fingerprint density at radius 3 is 3.00 bits per heavy atom. The van der Waals surface area contributed by atoms with Gasteiger partial charge in [-0.25, -0.2) is 4.98 Å². The van der Waals surface area contributed by atoms with Crippen molar-refractivity contribution in [1.29, 1.82) is 5.26 Å². The van der Waals surface area contributed by atoms with Crippen LogP contribution in [0.4, 0.5) is 11.5 Å². The molecule has 1 N–H and O–H groups in total. The summed E-state index contributed by atoms with van der Waals surface area (Å²) >= 11 is 0. The van der Waals surface area contributed by atoms with Crippen molar-refractivity contribution in [3.63, 3.8) is 0 Å². The van der Waals surface area contributed by atoms with Gasteiger partial charge in [0.2, 0.25) is 0 Å². The van der Waals surface area contributed by atoms with E-state index in [0.717, 1.165) is 19.3 Å². The van der Waals surface area contributed by atoms with Crippen LogP contribution in [0.3, 0.4) is 0 Å². The molecule has 0 aliphatic heterocycles. The summed E-state index contributed by atoms with van der Waals surface area (Å²) in [6, 6.07) is 3.41.